The Labute approximate surface area is 186 Å². The Kier molecular flexibility index (Phi) is 5.52. The molecular weight excluding hydrogens is 423 g/mol. The zero-order valence-corrected chi connectivity index (χ0v) is 18.1. The van der Waals surface area contributed by atoms with Crippen molar-refractivity contribution in [2.45, 2.75) is 31.4 Å². The van der Waals surface area contributed by atoms with Crippen molar-refractivity contribution >= 4 is 29.3 Å². The number of piperidine rings is 3. The number of alkyl carbamates (subject to hydrolysis) is 1. The van der Waals surface area contributed by atoms with Crippen molar-refractivity contribution in [3.8, 4) is 16.9 Å². The van der Waals surface area contributed by atoms with E-state index in [4.69, 9.17) is 32.7 Å². The van der Waals surface area contributed by atoms with Gasteiger partial charge in [0.25, 0.3) is 0 Å². The molecule has 4 heterocycles. The SMILES string of the molecule is O=C(NC1CCOc2cc(-c3cc(Cl)ccc3Cl)ccc21)O[C@H]1CN2CCC1CC2. The van der Waals surface area contributed by atoms with Crippen LogP contribution in [0.1, 0.15) is 30.9 Å². The van der Waals surface area contributed by atoms with Gasteiger partial charge >= 0.3 is 6.09 Å². The lowest BCUT2D eigenvalue weighted by molar-refractivity contribution is -0.0342. The van der Waals surface area contributed by atoms with E-state index in [0.717, 1.165) is 54.9 Å². The van der Waals surface area contributed by atoms with Crippen LogP contribution in [-0.2, 0) is 4.74 Å². The van der Waals surface area contributed by atoms with Crippen molar-refractivity contribution in [2.24, 2.45) is 5.92 Å². The second kappa shape index (κ2) is 8.29. The van der Waals surface area contributed by atoms with Crippen molar-refractivity contribution in [1.82, 2.24) is 10.2 Å². The average Bonchev–Trinajstić information content (AvgIpc) is 2.76. The molecule has 1 N–H and O–H groups in total. The Morgan fingerprint density at radius 3 is 2.70 bits per heavy atom. The molecule has 0 aliphatic carbocycles. The van der Waals surface area contributed by atoms with Gasteiger partial charge in [0, 0.05) is 34.1 Å². The minimum absolute atomic E-state index is 0.000780. The largest absolute Gasteiger partial charge is 0.493 e. The molecule has 5 nitrogen and oxygen atoms in total. The fourth-order valence-corrected chi connectivity index (χ4v) is 5.18. The summed E-state index contributed by atoms with van der Waals surface area (Å²) >= 11 is 12.5. The highest BCUT2D eigenvalue weighted by Crippen LogP contribution is 2.38. The van der Waals surface area contributed by atoms with E-state index in [9.17, 15) is 4.79 Å². The number of fused-ring (bicyclic) bond motifs is 4. The second-order valence-electron chi connectivity index (χ2n) is 8.29. The summed E-state index contributed by atoms with van der Waals surface area (Å²) < 4.78 is 11.7. The van der Waals surface area contributed by atoms with Crippen LogP contribution in [0.4, 0.5) is 4.79 Å². The Morgan fingerprint density at radius 2 is 1.93 bits per heavy atom. The van der Waals surface area contributed by atoms with Crippen LogP contribution in [0, 0.1) is 5.92 Å². The normalized spacial score (nSPS) is 27.1. The lowest BCUT2D eigenvalue weighted by atomic mass is 9.86. The summed E-state index contributed by atoms with van der Waals surface area (Å²) in [7, 11) is 0. The number of hydrogen-bond acceptors (Lipinski definition) is 4. The Morgan fingerprint density at radius 1 is 1.10 bits per heavy atom. The molecule has 6 rings (SSSR count). The zero-order chi connectivity index (χ0) is 20.7. The van der Waals surface area contributed by atoms with E-state index in [1.165, 1.54) is 0 Å². The van der Waals surface area contributed by atoms with Crippen LogP contribution in [0.2, 0.25) is 10.0 Å². The van der Waals surface area contributed by atoms with Gasteiger partial charge < -0.3 is 14.8 Å². The molecule has 2 bridgehead atoms. The molecule has 158 valence electrons. The molecule has 2 atom stereocenters. The van der Waals surface area contributed by atoms with Crippen molar-refractivity contribution in [1.29, 1.82) is 0 Å². The van der Waals surface area contributed by atoms with E-state index < -0.39 is 0 Å². The first-order chi connectivity index (χ1) is 14.6. The Balaban J connectivity index is 1.30. The Hall–Kier alpha value is -1.95. The fourth-order valence-electron chi connectivity index (χ4n) is 4.78. The minimum atomic E-state index is -0.339. The molecule has 0 saturated carbocycles. The third kappa shape index (κ3) is 3.98. The first-order valence-electron chi connectivity index (χ1n) is 10.5. The molecule has 3 fully saturated rings. The van der Waals surface area contributed by atoms with Crippen LogP contribution in [0.15, 0.2) is 36.4 Å². The number of benzene rings is 2. The Bertz CT molecular complexity index is 959. The van der Waals surface area contributed by atoms with Crippen LogP contribution < -0.4 is 10.1 Å². The fraction of sp³-hybridized carbons (Fsp3) is 0.435. The maximum atomic E-state index is 12.6. The van der Waals surface area contributed by atoms with Gasteiger partial charge in [-0.3, -0.25) is 4.90 Å². The minimum Gasteiger partial charge on any atom is -0.493 e. The third-order valence-electron chi connectivity index (χ3n) is 6.44. The van der Waals surface area contributed by atoms with E-state index in [1.807, 2.05) is 24.3 Å². The molecule has 1 amide bonds. The predicted molar refractivity (Wildman–Crippen MR) is 117 cm³/mol. The van der Waals surface area contributed by atoms with Crippen LogP contribution in [0.25, 0.3) is 11.1 Å². The smallest absolute Gasteiger partial charge is 0.407 e. The van der Waals surface area contributed by atoms with Crippen LogP contribution in [-0.4, -0.2) is 43.3 Å². The number of carbonyl (C=O) groups excluding carboxylic acids is 1. The summed E-state index contributed by atoms with van der Waals surface area (Å²) in [6, 6.07) is 11.2. The van der Waals surface area contributed by atoms with Gasteiger partial charge in [-0.1, -0.05) is 35.3 Å². The van der Waals surface area contributed by atoms with Crippen molar-refractivity contribution in [3.05, 3.63) is 52.0 Å². The van der Waals surface area contributed by atoms with Crippen molar-refractivity contribution in [3.63, 3.8) is 0 Å². The molecule has 3 saturated heterocycles. The van der Waals surface area contributed by atoms with E-state index in [-0.39, 0.29) is 18.2 Å². The van der Waals surface area contributed by atoms with Crippen molar-refractivity contribution < 1.29 is 14.3 Å². The van der Waals surface area contributed by atoms with E-state index in [0.29, 0.717) is 29.0 Å². The van der Waals surface area contributed by atoms with Gasteiger partial charge in [-0.05, 0) is 61.7 Å². The molecule has 30 heavy (non-hydrogen) atoms. The van der Waals surface area contributed by atoms with E-state index in [1.54, 1.807) is 12.1 Å². The number of carbonyl (C=O) groups is 1. The van der Waals surface area contributed by atoms with Crippen molar-refractivity contribution in [2.75, 3.05) is 26.2 Å². The van der Waals surface area contributed by atoms with E-state index in [2.05, 4.69) is 10.2 Å². The molecule has 1 unspecified atom stereocenters. The topological polar surface area (TPSA) is 50.8 Å². The summed E-state index contributed by atoms with van der Waals surface area (Å²) in [6.45, 7) is 3.63. The summed E-state index contributed by atoms with van der Waals surface area (Å²) in [5.74, 6) is 1.25. The van der Waals surface area contributed by atoms with Crippen LogP contribution >= 0.6 is 23.2 Å². The van der Waals surface area contributed by atoms with Gasteiger partial charge in [0.05, 0.1) is 12.6 Å². The second-order valence-corrected chi connectivity index (χ2v) is 9.14. The van der Waals surface area contributed by atoms with Gasteiger partial charge in [-0.2, -0.15) is 0 Å². The van der Waals surface area contributed by atoms with Crippen LogP contribution in [0.3, 0.4) is 0 Å². The summed E-state index contributed by atoms with van der Waals surface area (Å²) in [6.07, 6.45) is 2.60. The molecule has 0 radical (unpaired) electrons. The van der Waals surface area contributed by atoms with Gasteiger partial charge in [-0.15, -0.1) is 0 Å². The molecule has 4 aliphatic rings. The highest BCUT2D eigenvalue weighted by atomic mass is 35.5. The maximum absolute atomic E-state index is 12.6. The van der Waals surface area contributed by atoms with Gasteiger partial charge in [-0.25, -0.2) is 4.79 Å². The molecule has 7 heteroatoms. The average molecular weight is 447 g/mol. The van der Waals surface area contributed by atoms with Gasteiger partial charge in [0.1, 0.15) is 11.9 Å². The van der Waals surface area contributed by atoms with E-state index >= 15 is 0 Å². The maximum Gasteiger partial charge on any atom is 0.407 e. The lowest BCUT2D eigenvalue weighted by Gasteiger charge is -2.44. The summed E-state index contributed by atoms with van der Waals surface area (Å²) in [5, 5.41) is 4.31. The molecule has 2 aromatic carbocycles. The third-order valence-corrected chi connectivity index (χ3v) is 7.00. The predicted octanol–water partition coefficient (Wildman–Crippen LogP) is 5.30. The monoisotopic (exact) mass is 446 g/mol. The number of hydrogen-bond donors (Lipinski definition) is 1. The first-order valence-corrected chi connectivity index (χ1v) is 11.2. The number of rotatable bonds is 3. The molecular formula is C23H24Cl2N2O3. The quantitative estimate of drug-likeness (QED) is 0.694. The highest BCUT2D eigenvalue weighted by molar-refractivity contribution is 6.35. The standard InChI is InChI=1S/C23H24Cl2N2O3/c24-16-2-4-19(25)18(12-16)15-1-3-17-20(7-10-29-21(17)11-15)26-23(28)30-22-13-27-8-5-14(22)6-9-27/h1-4,11-12,14,20,22H,5-10,13H2,(H,26,28)/t20?,22-/m0/s1. The van der Waals surface area contributed by atoms with Gasteiger partial charge in [0.2, 0.25) is 0 Å². The number of ether oxygens (including phenoxy) is 2. The lowest BCUT2D eigenvalue weighted by Crippen LogP contribution is -2.52. The first kappa shape index (κ1) is 20.0. The number of nitrogens with zero attached hydrogens (tertiary/aromatic N) is 1. The number of amides is 1. The number of nitrogens with one attached hydrogen (secondary N) is 1. The molecule has 2 aromatic rings. The summed E-state index contributed by atoms with van der Waals surface area (Å²) in [4.78, 5) is 15.0. The summed E-state index contributed by atoms with van der Waals surface area (Å²) in [5.41, 5.74) is 2.73. The zero-order valence-electron chi connectivity index (χ0n) is 16.6. The molecule has 4 aliphatic heterocycles. The molecule has 0 spiro atoms. The molecule has 0 aromatic heterocycles. The number of halogens is 2. The van der Waals surface area contributed by atoms with Crippen LogP contribution in [0.5, 0.6) is 5.75 Å². The highest BCUT2D eigenvalue weighted by Gasteiger charge is 2.37. The van der Waals surface area contributed by atoms with Gasteiger partial charge in [0.15, 0.2) is 0 Å².